The van der Waals surface area contributed by atoms with Gasteiger partial charge in [-0.1, -0.05) is 20.3 Å². The molecule has 1 aromatic rings. The summed E-state index contributed by atoms with van der Waals surface area (Å²) in [5, 5.41) is 2.54. The van der Waals surface area contributed by atoms with Gasteiger partial charge in [-0.25, -0.2) is 9.37 Å². The fraction of sp³-hybridized carbons (Fsp3) is 0.455. The van der Waals surface area contributed by atoms with Gasteiger partial charge >= 0.3 is 0 Å². The fourth-order valence-electron chi connectivity index (χ4n) is 1.10. The first-order valence-electron chi connectivity index (χ1n) is 5.14. The molecule has 1 unspecified atom stereocenters. The lowest BCUT2D eigenvalue weighted by Gasteiger charge is -2.10. The predicted octanol–water partition coefficient (Wildman–Crippen LogP) is 2.14. The molecule has 0 aliphatic rings. The minimum atomic E-state index is -1.25. The van der Waals surface area contributed by atoms with E-state index in [0.717, 1.165) is 18.7 Å². The Morgan fingerprint density at radius 2 is 2.25 bits per heavy atom. The van der Waals surface area contributed by atoms with Gasteiger partial charge in [0.25, 0.3) is 5.91 Å². The number of hydrogen-bond donors (Lipinski definition) is 1. The second-order valence-corrected chi connectivity index (χ2v) is 3.69. The highest BCUT2D eigenvalue weighted by Gasteiger charge is 2.15. The number of carbonyl (C=O) groups is 1. The van der Waals surface area contributed by atoms with Crippen LogP contribution in [-0.2, 0) is 0 Å². The number of nitrogens with zero attached hydrogens (tertiary/aromatic N) is 1. The quantitative estimate of drug-likeness (QED) is 0.802. The molecule has 1 rings (SSSR count). The largest absolute Gasteiger partial charge is 0.352 e. The Kier molecular flexibility index (Phi) is 4.34. The van der Waals surface area contributed by atoms with Crippen LogP contribution in [0.25, 0.3) is 0 Å². The molecule has 16 heavy (non-hydrogen) atoms. The summed E-state index contributed by atoms with van der Waals surface area (Å²) >= 11 is 0. The molecule has 0 saturated carbocycles. The zero-order valence-electron chi connectivity index (χ0n) is 9.26. The summed E-state index contributed by atoms with van der Waals surface area (Å²) in [4.78, 5) is 14.6. The molecule has 88 valence electrons. The Balaban J connectivity index is 2.70. The molecule has 3 nitrogen and oxygen atoms in total. The highest BCUT2D eigenvalue weighted by Crippen LogP contribution is 2.09. The van der Waals surface area contributed by atoms with Gasteiger partial charge in [0.05, 0.1) is 5.56 Å². The van der Waals surface area contributed by atoms with Crippen molar-refractivity contribution >= 4 is 5.91 Å². The Morgan fingerprint density at radius 1 is 1.56 bits per heavy atom. The highest BCUT2D eigenvalue weighted by atomic mass is 19.2. The van der Waals surface area contributed by atoms with Crippen molar-refractivity contribution in [1.29, 1.82) is 0 Å². The van der Waals surface area contributed by atoms with E-state index in [1.807, 2.05) is 13.8 Å². The molecule has 1 aromatic heterocycles. The lowest BCUT2D eigenvalue weighted by atomic mass is 10.1. The van der Waals surface area contributed by atoms with Gasteiger partial charge in [-0.15, -0.1) is 0 Å². The van der Waals surface area contributed by atoms with Crippen molar-refractivity contribution < 1.29 is 13.6 Å². The van der Waals surface area contributed by atoms with Crippen LogP contribution in [0.1, 0.15) is 30.6 Å². The number of halogens is 2. The summed E-state index contributed by atoms with van der Waals surface area (Å²) < 4.78 is 25.9. The van der Waals surface area contributed by atoms with Crippen LogP contribution in [0.3, 0.4) is 0 Å². The van der Waals surface area contributed by atoms with E-state index in [2.05, 4.69) is 10.3 Å². The summed E-state index contributed by atoms with van der Waals surface area (Å²) in [6.07, 6.45) is 1.98. The average Bonchev–Trinajstić information content (AvgIpc) is 2.29. The molecular weight excluding hydrogens is 214 g/mol. The van der Waals surface area contributed by atoms with Crippen molar-refractivity contribution in [3.8, 4) is 0 Å². The summed E-state index contributed by atoms with van der Waals surface area (Å²) in [6, 6.07) is 1.16. The van der Waals surface area contributed by atoms with E-state index < -0.39 is 17.7 Å². The SMILES string of the molecule is CCC(C)CNC(=O)c1ccnc(F)c1F. The second kappa shape index (κ2) is 5.53. The number of aromatic nitrogens is 1. The molecule has 0 aromatic carbocycles. The molecular formula is C11H14F2N2O. The number of pyridine rings is 1. The van der Waals surface area contributed by atoms with Gasteiger partial charge in [-0.05, 0) is 12.0 Å². The zero-order chi connectivity index (χ0) is 12.1. The first kappa shape index (κ1) is 12.5. The summed E-state index contributed by atoms with van der Waals surface area (Å²) in [5.41, 5.74) is -0.309. The van der Waals surface area contributed by atoms with Crippen LogP contribution >= 0.6 is 0 Å². The summed E-state index contributed by atoms with van der Waals surface area (Å²) in [7, 11) is 0. The van der Waals surface area contributed by atoms with Crippen LogP contribution in [-0.4, -0.2) is 17.4 Å². The monoisotopic (exact) mass is 228 g/mol. The normalized spacial score (nSPS) is 12.2. The second-order valence-electron chi connectivity index (χ2n) is 3.69. The number of hydrogen-bond acceptors (Lipinski definition) is 2. The van der Waals surface area contributed by atoms with Crippen LogP contribution in [0.2, 0.25) is 0 Å². The van der Waals surface area contributed by atoms with Crippen LogP contribution in [0, 0.1) is 17.7 Å². The van der Waals surface area contributed by atoms with Crippen molar-refractivity contribution in [2.75, 3.05) is 6.54 Å². The maximum atomic E-state index is 13.2. The molecule has 1 amide bonds. The zero-order valence-corrected chi connectivity index (χ0v) is 9.26. The molecule has 1 atom stereocenters. The Bertz CT molecular complexity index is 382. The van der Waals surface area contributed by atoms with E-state index in [0.29, 0.717) is 12.5 Å². The van der Waals surface area contributed by atoms with E-state index >= 15 is 0 Å². The number of carbonyl (C=O) groups excluding carboxylic acids is 1. The van der Waals surface area contributed by atoms with Crippen molar-refractivity contribution in [3.05, 3.63) is 29.6 Å². The third kappa shape index (κ3) is 2.98. The van der Waals surface area contributed by atoms with Gasteiger partial charge in [0.15, 0.2) is 5.82 Å². The molecule has 1 heterocycles. The summed E-state index contributed by atoms with van der Waals surface area (Å²) in [5.74, 6) is -2.77. The molecule has 0 aliphatic carbocycles. The van der Waals surface area contributed by atoms with Crippen LogP contribution < -0.4 is 5.32 Å². The first-order valence-corrected chi connectivity index (χ1v) is 5.14. The van der Waals surface area contributed by atoms with Crippen molar-refractivity contribution in [2.45, 2.75) is 20.3 Å². The smallest absolute Gasteiger partial charge is 0.254 e. The van der Waals surface area contributed by atoms with E-state index in [1.54, 1.807) is 0 Å². The first-order chi connectivity index (χ1) is 7.56. The molecule has 5 heteroatoms. The van der Waals surface area contributed by atoms with Crippen molar-refractivity contribution in [3.63, 3.8) is 0 Å². The lowest BCUT2D eigenvalue weighted by molar-refractivity contribution is 0.0942. The maximum Gasteiger partial charge on any atom is 0.254 e. The van der Waals surface area contributed by atoms with Gasteiger partial charge in [-0.3, -0.25) is 4.79 Å². The van der Waals surface area contributed by atoms with Gasteiger partial charge in [-0.2, -0.15) is 4.39 Å². The fourth-order valence-corrected chi connectivity index (χ4v) is 1.10. The highest BCUT2D eigenvalue weighted by molar-refractivity contribution is 5.94. The van der Waals surface area contributed by atoms with Crippen molar-refractivity contribution in [2.24, 2.45) is 5.92 Å². The third-order valence-corrected chi connectivity index (χ3v) is 2.40. The van der Waals surface area contributed by atoms with Gasteiger partial charge in [0.2, 0.25) is 5.95 Å². The molecule has 0 saturated heterocycles. The van der Waals surface area contributed by atoms with Crippen LogP contribution in [0.4, 0.5) is 8.78 Å². The van der Waals surface area contributed by atoms with E-state index in [1.165, 1.54) is 0 Å². The maximum absolute atomic E-state index is 13.2. The van der Waals surface area contributed by atoms with Gasteiger partial charge < -0.3 is 5.32 Å². The number of nitrogens with one attached hydrogen (secondary N) is 1. The Hall–Kier alpha value is -1.52. The minimum absolute atomic E-state index is 0.304. The Morgan fingerprint density at radius 3 is 2.88 bits per heavy atom. The predicted molar refractivity (Wildman–Crippen MR) is 55.9 cm³/mol. The lowest BCUT2D eigenvalue weighted by Crippen LogP contribution is -2.29. The topological polar surface area (TPSA) is 42.0 Å². The molecule has 0 bridgehead atoms. The minimum Gasteiger partial charge on any atom is -0.352 e. The van der Waals surface area contributed by atoms with E-state index in [4.69, 9.17) is 0 Å². The van der Waals surface area contributed by atoms with Crippen LogP contribution in [0.5, 0.6) is 0 Å². The molecule has 0 aliphatic heterocycles. The molecule has 0 fully saturated rings. The van der Waals surface area contributed by atoms with Gasteiger partial charge in [0, 0.05) is 12.7 Å². The molecule has 1 N–H and O–H groups in total. The Labute approximate surface area is 92.9 Å². The van der Waals surface area contributed by atoms with Crippen LogP contribution in [0.15, 0.2) is 12.3 Å². The molecule has 0 radical (unpaired) electrons. The van der Waals surface area contributed by atoms with Crippen molar-refractivity contribution in [1.82, 2.24) is 10.3 Å². The third-order valence-electron chi connectivity index (χ3n) is 2.40. The standard InChI is InChI=1S/C11H14F2N2O/c1-3-7(2)6-15-11(16)8-4-5-14-10(13)9(8)12/h4-5,7H,3,6H2,1-2H3,(H,15,16). The van der Waals surface area contributed by atoms with Gasteiger partial charge in [0.1, 0.15) is 0 Å². The molecule has 0 spiro atoms. The average molecular weight is 228 g/mol. The summed E-state index contributed by atoms with van der Waals surface area (Å²) in [6.45, 7) is 4.39. The van der Waals surface area contributed by atoms with E-state index in [-0.39, 0.29) is 5.56 Å². The van der Waals surface area contributed by atoms with E-state index in [9.17, 15) is 13.6 Å². The number of amides is 1. The number of rotatable bonds is 4.